The van der Waals surface area contributed by atoms with Crippen LogP contribution in [0.15, 0.2) is 30.3 Å². The van der Waals surface area contributed by atoms with Crippen LogP contribution in [-0.2, 0) is 13.0 Å². The highest BCUT2D eigenvalue weighted by atomic mass is 35.5. The van der Waals surface area contributed by atoms with Gasteiger partial charge in [-0.15, -0.1) is 12.4 Å². The Morgan fingerprint density at radius 2 is 1.65 bits per heavy atom. The molecule has 6 nitrogen and oxygen atoms in total. The summed E-state index contributed by atoms with van der Waals surface area (Å²) in [6.07, 6.45) is 2.99. The Morgan fingerprint density at radius 3 is 2.32 bits per heavy atom. The summed E-state index contributed by atoms with van der Waals surface area (Å²) in [4.78, 5) is 14.9. The van der Waals surface area contributed by atoms with Crippen molar-refractivity contribution >= 4 is 18.3 Å². The van der Waals surface area contributed by atoms with Crippen LogP contribution in [0.25, 0.3) is 0 Å². The van der Waals surface area contributed by atoms with Gasteiger partial charge in [0.1, 0.15) is 5.75 Å². The lowest BCUT2D eigenvalue weighted by atomic mass is 9.98. The summed E-state index contributed by atoms with van der Waals surface area (Å²) in [5.41, 5.74) is 4.28. The van der Waals surface area contributed by atoms with Crippen LogP contribution in [0, 0.1) is 6.92 Å². The van der Waals surface area contributed by atoms with Crippen molar-refractivity contribution in [3.8, 4) is 17.2 Å². The van der Waals surface area contributed by atoms with E-state index in [2.05, 4.69) is 22.3 Å². The van der Waals surface area contributed by atoms with Crippen molar-refractivity contribution in [3.05, 3.63) is 52.6 Å². The largest absolute Gasteiger partial charge is 0.496 e. The quantitative estimate of drug-likeness (QED) is 0.587. The highest BCUT2D eigenvalue weighted by molar-refractivity contribution is 5.97. The number of halogens is 1. The van der Waals surface area contributed by atoms with Crippen LogP contribution in [0.5, 0.6) is 17.2 Å². The number of nitrogens with one attached hydrogen (secondary N) is 1. The Balaban J connectivity index is 0.00000341. The van der Waals surface area contributed by atoms with Crippen molar-refractivity contribution in [2.45, 2.75) is 32.7 Å². The summed E-state index contributed by atoms with van der Waals surface area (Å²) in [6.45, 7) is 5.60. The Kier molecular flexibility index (Phi) is 9.46. The minimum atomic E-state index is -0.0801. The SMILES string of the molecule is COc1cc2c(cc1OC)CN(CCCCNC(=O)c1cc(C)ccc1OC)CC2.Cl. The maximum Gasteiger partial charge on any atom is 0.255 e. The molecule has 170 valence electrons. The monoisotopic (exact) mass is 448 g/mol. The number of carbonyl (C=O) groups excluding carboxylic acids is 1. The molecule has 2 aromatic carbocycles. The summed E-state index contributed by atoms with van der Waals surface area (Å²) in [7, 11) is 4.93. The highest BCUT2D eigenvalue weighted by Gasteiger charge is 2.19. The second-order valence-corrected chi connectivity index (χ2v) is 7.67. The molecule has 0 atom stereocenters. The van der Waals surface area contributed by atoms with Crippen molar-refractivity contribution in [1.29, 1.82) is 0 Å². The fraction of sp³-hybridized carbons (Fsp3) is 0.458. The lowest BCUT2D eigenvalue weighted by Gasteiger charge is -2.29. The van der Waals surface area contributed by atoms with Crippen LogP contribution < -0.4 is 19.5 Å². The van der Waals surface area contributed by atoms with Crippen LogP contribution in [0.3, 0.4) is 0 Å². The smallest absolute Gasteiger partial charge is 0.255 e. The number of amides is 1. The van der Waals surface area contributed by atoms with Crippen molar-refractivity contribution in [2.75, 3.05) is 41.0 Å². The molecule has 0 saturated carbocycles. The van der Waals surface area contributed by atoms with E-state index in [1.165, 1.54) is 11.1 Å². The van der Waals surface area contributed by atoms with E-state index in [-0.39, 0.29) is 18.3 Å². The van der Waals surface area contributed by atoms with Gasteiger partial charge in [-0.25, -0.2) is 0 Å². The summed E-state index contributed by atoms with van der Waals surface area (Å²) in [5, 5.41) is 3.01. The molecule has 0 saturated heterocycles. The second kappa shape index (κ2) is 11.8. The van der Waals surface area contributed by atoms with E-state index in [0.29, 0.717) is 17.9 Å². The molecule has 1 aliphatic rings. The number of benzene rings is 2. The number of unbranched alkanes of at least 4 members (excludes halogenated alkanes) is 1. The summed E-state index contributed by atoms with van der Waals surface area (Å²) >= 11 is 0. The number of fused-ring (bicyclic) bond motifs is 1. The number of rotatable bonds is 9. The van der Waals surface area contributed by atoms with Gasteiger partial charge in [0.25, 0.3) is 5.91 Å². The van der Waals surface area contributed by atoms with Gasteiger partial charge in [-0.05, 0) is 68.1 Å². The molecule has 0 radical (unpaired) electrons. The normalized spacial score (nSPS) is 13.0. The van der Waals surface area contributed by atoms with Crippen LogP contribution in [-0.4, -0.2) is 51.8 Å². The van der Waals surface area contributed by atoms with E-state index >= 15 is 0 Å². The molecule has 1 aliphatic heterocycles. The van der Waals surface area contributed by atoms with Crippen LogP contribution >= 0.6 is 12.4 Å². The first-order valence-electron chi connectivity index (χ1n) is 10.4. The average molecular weight is 449 g/mol. The summed E-state index contributed by atoms with van der Waals surface area (Å²) in [6, 6.07) is 9.83. The average Bonchev–Trinajstić information content (AvgIpc) is 2.77. The predicted molar refractivity (Wildman–Crippen MR) is 125 cm³/mol. The van der Waals surface area contributed by atoms with Gasteiger partial charge in [0, 0.05) is 19.6 Å². The number of ether oxygens (including phenoxy) is 3. The third kappa shape index (κ3) is 6.28. The number of methoxy groups -OCH3 is 3. The van der Waals surface area contributed by atoms with Crippen molar-refractivity contribution < 1.29 is 19.0 Å². The Morgan fingerprint density at radius 1 is 0.968 bits per heavy atom. The molecule has 2 aromatic rings. The molecule has 0 unspecified atom stereocenters. The number of hydrogen-bond donors (Lipinski definition) is 1. The molecule has 0 aliphatic carbocycles. The van der Waals surface area contributed by atoms with E-state index in [1.54, 1.807) is 21.3 Å². The van der Waals surface area contributed by atoms with Gasteiger partial charge >= 0.3 is 0 Å². The molecular weight excluding hydrogens is 416 g/mol. The van der Waals surface area contributed by atoms with Crippen LogP contribution in [0.2, 0.25) is 0 Å². The van der Waals surface area contributed by atoms with E-state index in [4.69, 9.17) is 14.2 Å². The summed E-state index contributed by atoms with van der Waals surface area (Å²) < 4.78 is 16.2. The zero-order chi connectivity index (χ0) is 21.5. The van der Waals surface area contributed by atoms with E-state index in [1.807, 2.05) is 25.1 Å². The molecule has 0 fully saturated rings. The minimum Gasteiger partial charge on any atom is -0.496 e. The topological polar surface area (TPSA) is 60.0 Å². The molecule has 0 aromatic heterocycles. The first-order valence-corrected chi connectivity index (χ1v) is 10.4. The van der Waals surface area contributed by atoms with Crippen molar-refractivity contribution in [1.82, 2.24) is 10.2 Å². The first kappa shape index (κ1) is 24.8. The maximum absolute atomic E-state index is 12.5. The Labute approximate surface area is 191 Å². The molecule has 0 spiro atoms. The number of nitrogens with zero attached hydrogens (tertiary/aromatic N) is 1. The lowest BCUT2D eigenvalue weighted by Crippen LogP contribution is -2.32. The molecule has 1 N–H and O–H groups in total. The Hall–Kier alpha value is -2.44. The first-order chi connectivity index (χ1) is 14.5. The van der Waals surface area contributed by atoms with Crippen LogP contribution in [0.4, 0.5) is 0 Å². The fourth-order valence-corrected chi connectivity index (χ4v) is 3.89. The lowest BCUT2D eigenvalue weighted by molar-refractivity contribution is 0.0949. The highest BCUT2D eigenvalue weighted by Crippen LogP contribution is 2.33. The molecule has 7 heteroatoms. The standard InChI is InChI=1S/C24H32N2O4.ClH/c1-17-7-8-21(28-2)20(13-17)24(27)25-10-5-6-11-26-12-9-18-14-22(29-3)23(30-4)15-19(18)16-26;/h7-8,13-15H,5-6,9-12,16H2,1-4H3,(H,25,27);1H. The molecule has 0 bridgehead atoms. The van der Waals surface area contributed by atoms with Gasteiger partial charge < -0.3 is 19.5 Å². The Bertz CT molecular complexity index is 888. The third-order valence-corrected chi connectivity index (χ3v) is 5.58. The van der Waals surface area contributed by atoms with Gasteiger partial charge in [0.15, 0.2) is 11.5 Å². The van der Waals surface area contributed by atoms with E-state index in [0.717, 1.165) is 56.0 Å². The van der Waals surface area contributed by atoms with E-state index in [9.17, 15) is 4.79 Å². The third-order valence-electron chi connectivity index (χ3n) is 5.58. The van der Waals surface area contributed by atoms with Crippen LogP contribution in [0.1, 0.15) is 39.9 Å². The maximum atomic E-state index is 12.5. The molecule has 3 rings (SSSR count). The van der Waals surface area contributed by atoms with Crippen molar-refractivity contribution in [2.24, 2.45) is 0 Å². The fourth-order valence-electron chi connectivity index (χ4n) is 3.89. The number of hydrogen-bond acceptors (Lipinski definition) is 5. The molecule has 1 heterocycles. The number of carbonyl (C=O) groups is 1. The predicted octanol–water partition coefficient (Wildman–Crippen LogP) is 4.01. The van der Waals surface area contributed by atoms with Gasteiger partial charge in [-0.1, -0.05) is 11.6 Å². The van der Waals surface area contributed by atoms with Gasteiger partial charge in [0.2, 0.25) is 0 Å². The van der Waals surface area contributed by atoms with Gasteiger partial charge in [-0.3, -0.25) is 9.69 Å². The molecule has 31 heavy (non-hydrogen) atoms. The van der Waals surface area contributed by atoms with Crippen molar-refractivity contribution in [3.63, 3.8) is 0 Å². The minimum absolute atomic E-state index is 0. The zero-order valence-electron chi connectivity index (χ0n) is 18.8. The summed E-state index contributed by atoms with van der Waals surface area (Å²) in [5.74, 6) is 2.11. The number of aryl methyl sites for hydroxylation is 1. The molecular formula is C24H33ClN2O4. The molecule has 1 amide bonds. The van der Waals surface area contributed by atoms with Gasteiger partial charge in [-0.2, -0.15) is 0 Å². The second-order valence-electron chi connectivity index (χ2n) is 7.67. The zero-order valence-corrected chi connectivity index (χ0v) is 19.6. The van der Waals surface area contributed by atoms with E-state index < -0.39 is 0 Å². The van der Waals surface area contributed by atoms with Gasteiger partial charge in [0.05, 0.1) is 26.9 Å².